The van der Waals surface area contributed by atoms with Crippen molar-refractivity contribution in [3.63, 3.8) is 0 Å². The quantitative estimate of drug-likeness (QED) is 0.907. The topological polar surface area (TPSA) is 49.8 Å². The lowest BCUT2D eigenvalue weighted by Gasteiger charge is -2.39. The van der Waals surface area contributed by atoms with Gasteiger partial charge in [0.25, 0.3) is 0 Å². The van der Waals surface area contributed by atoms with Crippen molar-refractivity contribution in [1.29, 1.82) is 0 Å². The Morgan fingerprint density at radius 3 is 2.90 bits per heavy atom. The highest BCUT2D eigenvalue weighted by Gasteiger charge is 2.40. The number of aliphatic carboxylic acids is 1. The molecule has 0 unspecified atom stereocenters. The van der Waals surface area contributed by atoms with Crippen LogP contribution in [0.25, 0.3) is 0 Å². The predicted octanol–water partition coefficient (Wildman–Crippen LogP) is 2.91. The first-order valence-corrected chi connectivity index (χ1v) is 7.29. The van der Waals surface area contributed by atoms with Gasteiger partial charge in [0.1, 0.15) is 11.6 Å². The summed E-state index contributed by atoms with van der Waals surface area (Å²) in [4.78, 5) is 13.6. The van der Waals surface area contributed by atoms with E-state index in [2.05, 4.69) is 0 Å². The van der Waals surface area contributed by atoms with Crippen LogP contribution in [-0.2, 0) is 11.3 Å². The van der Waals surface area contributed by atoms with Crippen molar-refractivity contribution in [3.05, 3.63) is 29.6 Å². The van der Waals surface area contributed by atoms with Crippen LogP contribution >= 0.6 is 0 Å². The lowest BCUT2D eigenvalue weighted by Crippen LogP contribution is -2.47. The predicted molar refractivity (Wildman–Crippen MR) is 77.8 cm³/mol. The van der Waals surface area contributed by atoms with Gasteiger partial charge >= 0.3 is 5.97 Å². The number of ether oxygens (including phenoxy) is 1. The largest absolute Gasteiger partial charge is 0.497 e. The Bertz CT molecular complexity index is 520. The van der Waals surface area contributed by atoms with Crippen LogP contribution in [-0.4, -0.2) is 36.2 Å². The van der Waals surface area contributed by atoms with E-state index in [1.54, 1.807) is 19.2 Å². The second-order valence-corrected chi connectivity index (χ2v) is 5.71. The Hall–Kier alpha value is -1.62. The van der Waals surface area contributed by atoms with Crippen molar-refractivity contribution in [2.45, 2.75) is 32.7 Å². The van der Waals surface area contributed by atoms with Crippen LogP contribution in [0.15, 0.2) is 18.2 Å². The van der Waals surface area contributed by atoms with Crippen LogP contribution in [0, 0.1) is 11.2 Å². The van der Waals surface area contributed by atoms with Gasteiger partial charge in [0.05, 0.1) is 12.5 Å². The van der Waals surface area contributed by atoms with E-state index in [0.29, 0.717) is 37.2 Å². The number of likely N-dealkylation sites (tertiary alicyclic amines) is 1. The Morgan fingerprint density at radius 2 is 2.29 bits per heavy atom. The first kappa shape index (κ1) is 15.8. The zero-order valence-corrected chi connectivity index (χ0v) is 12.6. The average molecular weight is 295 g/mol. The molecule has 4 nitrogen and oxygen atoms in total. The highest BCUT2D eigenvalue weighted by molar-refractivity contribution is 5.75. The molecule has 2 rings (SSSR count). The van der Waals surface area contributed by atoms with Gasteiger partial charge in [-0.2, -0.15) is 0 Å². The molecule has 0 saturated carbocycles. The number of piperidine rings is 1. The summed E-state index contributed by atoms with van der Waals surface area (Å²) in [5.74, 6) is -0.414. The standard InChI is InChI=1S/C16H22FNO3/c1-3-16(15(19)20)7-4-8-18(11-16)10-12-9-13(21-2)5-6-14(12)17/h5-6,9H,3-4,7-8,10-11H2,1-2H3,(H,19,20)/t16-/m1/s1. The van der Waals surface area contributed by atoms with Gasteiger partial charge in [-0.05, 0) is 44.0 Å². The Labute approximate surface area is 124 Å². The minimum atomic E-state index is -0.749. The molecular weight excluding hydrogens is 273 g/mol. The van der Waals surface area contributed by atoms with E-state index in [0.717, 1.165) is 13.0 Å². The molecule has 1 saturated heterocycles. The third-order valence-corrected chi connectivity index (χ3v) is 4.43. The molecule has 0 amide bonds. The summed E-state index contributed by atoms with van der Waals surface area (Å²) in [6, 6.07) is 4.66. The lowest BCUT2D eigenvalue weighted by atomic mass is 9.77. The third-order valence-electron chi connectivity index (χ3n) is 4.43. The Balaban J connectivity index is 2.14. The van der Waals surface area contributed by atoms with Crippen LogP contribution in [0.2, 0.25) is 0 Å². The van der Waals surface area contributed by atoms with Gasteiger partial charge in [0.2, 0.25) is 0 Å². The molecule has 0 aromatic heterocycles. The maximum atomic E-state index is 13.9. The summed E-state index contributed by atoms with van der Waals surface area (Å²) < 4.78 is 19.0. The number of carboxylic acids is 1. The molecule has 1 fully saturated rings. The second-order valence-electron chi connectivity index (χ2n) is 5.71. The van der Waals surface area contributed by atoms with Crippen LogP contribution < -0.4 is 4.74 Å². The number of benzene rings is 1. The van der Waals surface area contributed by atoms with Gasteiger partial charge in [-0.1, -0.05) is 6.92 Å². The number of carboxylic acid groups (broad SMARTS) is 1. The minimum absolute atomic E-state index is 0.279. The second kappa shape index (κ2) is 6.43. The van der Waals surface area contributed by atoms with Gasteiger partial charge in [-0.15, -0.1) is 0 Å². The van der Waals surface area contributed by atoms with Crippen LogP contribution in [0.1, 0.15) is 31.7 Å². The summed E-state index contributed by atoms with van der Waals surface area (Å²) in [6.45, 7) is 3.59. The van der Waals surface area contributed by atoms with Crippen molar-refractivity contribution >= 4 is 5.97 Å². The van der Waals surface area contributed by atoms with Gasteiger partial charge in [0.15, 0.2) is 0 Å². The Morgan fingerprint density at radius 1 is 1.52 bits per heavy atom. The van der Waals surface area contributed by atoms with Crippen molar-refractivity contribution in [1.82, 2.24) is 4.90 Å². The molecule has 1 aliphatic rings. The van der Waals surface area contributed by atoms with E-state index in [-0.39, 0.29) is 5.82 Å². The molecule has 116 valence electrons. The summed E-state index contributed by atoms with van der Waals surface area (Å²) in [7, 11) is 1.55. The van der Waals surface area contributed by atoms with E-state index in [1.807, 2.05) is 11.8 Å². The number of carbonyl (C=O) groups is 1. The van der Waals surface area contributed by atoms with E-state index in [1.165, 1.54) is 6.07 Å². The molecule has 1 aliphatic heterocycles. The summed E-state index contributed by atoms with van der Waals surface area (Å²) in [5.41, 5.74) is -0.153. The number of halogens is 1. The zero-order chi connectivity index (χ0) is 15.5. The smallest absolute Gasteiger partial charge is 0.310 e. The first-order valence-electron chi connectivity index (χ1n) is 7.29. The van der Waals surface area contributed by atoms with Crippen molar-refractivity contribution in [2.24, 2.45) is 5.41 Å². The van der Waals surface area contributed by atoms with E-state index < -0.39 is 11.4 Å². The fraction of sp³-hybridized carbons (Fsp3) is 0.562. The van der Waals surface area contributed by atoms with Crippen molar-refractivity contribution in [3.8, 4) is 5.75 Å². The monoisotopic (exact) mass is 295 g/mol. The summed E-state index contributed by atoms with van der Waals surface area (Å²) in [5, 5.41) is 9.49. The summed E-state index contributed by atoms with van der Waals surface area (Å²) >= 11 is 0. The third kappa shape index (κ3) is 3.35. The van der Waals surface area contributed by atoms with Gasteiger partial charge < -0.3 is 9.84 Å². The molecule has 1 aromatic carbocycles. The Kier molecular flexibility index (Phi) is 4.83. The normalized spacial score (nSPS) is 23.0. The number of methoxy groups -OCH3 is 1. The van der Waals surface area contributed by atoms with E-state index in [9.17, 15) is 14.3 Å². The molecule has 1 N–H and O–H groups in total. The molecule has 1 heterocycles. The molecule has 1 aromatic rings. The number of nitrogens with zero attached hydrogens (tertiary/aromatic N) is 1. The summed E-state index contributed by atoms with van der Waals surface area (Å²) in [6.07, 6.45) is 2.11. The maximum absolute atomic E-state index is 13.9. The highest BCUT2D eigenvalue weighted by atomic mass is 19.1. The molecule has 1 atom stereocenters. The van der Waals surface area contributed by atoms with Gasteiger partial charge in [-0.3, -0.25) is 9.69 Å². The number of rotatable bonds is 5. The minimum Gasteiger partial charge on any atom is -0.497 e. The van der Waals surface area contributed by atoms with E-state index in [4.69, 9.17) is 4.74 Å². The fourth-order valence-corrected chi connectivity index (χ4v) is 3.02. The molecule has 5 heteroatoms. The van der Waals surface area contributed by atoms with E-state index >= 15 is 0 Å². The zero-order valence-electron chi connectivity index (χ0n) is 12.6. The van der Waals surface area contributed by atoms with Gasteiger partial charge in [-0.25, -0.2) is 4.39 Å². The first-order chi connectivity index (χ1) is 10.0. The number of hydrogen-bond acceptors (Lipinski definition) is 3. The molecule has 0 aliphatic carbocycles. The molecule has 0 radical (unpaired) electrons. The molecule has 0 bridgehead atoms. The highest BCUT2D eigenvalue weighted by Crippen LogP contribution is 2.34. The van der Waals surface area contributed by atoms with Crippen molar-refractivity contribution < 1.29 is 19.0 Å². The SMILES string of the molecule is CC[C@@]1(C(=O)O)CCCN(Cc2cc(OC)ccc2F)C1. The van der Waals surface area contributed by atoms with Gasteiger partial charge in [0, 0.05) is 18.7 Å². The molecular formula is C16H22FNO3. The molecule has 21 heavy (non-hydrogen) atoms. The van der Waals surface area contributed by atoms with Crippen LogP contribution in [0.4, 0.5) is 4.39 Å². The maximum Gasteiger partial charge on any atom is 0.310 e. The average Bonchev–Trinajstić information content (AvgIpc) is 2.49. The lowest BCUT2D eigenvalue weighted by molar-refractivity contribution is -0.153. The van der Waals surface area contributed by atoms with Crippen LogP contribution in [0.3, 0.4) is 0 Å². The number of hydrogen-bond donors (Lipinski definition) is 1. The van der Waals surface area contributed by atoms with Crippen LogP contribution in [0.5, 0.6) is 5.75 Å². The fourth-order valence-electron chi connectivity index (χ4n) is 3.02. The van der Waals surface area contributed by atoms with Crippen molar-refractivity contribution in [2.75, 3.05) is 20.2 Å². The molecule has 0 spiro atoms.